The zero-order valence-corrected chi connectivity index (χ0v) is 11.0. The van der Waals surface area contributed by atoms with Gasteiger partial charge < -0.3 is 5.11 Å². The number of nitrogens with one attached hydrogen (secondary N) is 1. The number of carboxylic acid groups (broad SMARTS) is 1. The van der Waals surface area contributed by atoms with Gasteiger partial charge in [0, 0.05) is 15.8 Å². The van der Waals surface area contributed by atoms with Crippen LogP contribution in [0, 0.1) is 13.8 Å². The molecule has 90 valence electrons. The van der Waals surface area contributed by atoms with E-state index >= 15 is 0 Å². The Labute approximate surface area is 100 Å². The Morgan fingerprint density at radius 1 is 1.56 bits per heavy atom. The van der Waals surface area contributed by atoms with Crippen molar-refractivity contribution in [2.75, 3.05) is 0 Å². The zero-order valence-electron chi connectivity index (χ0n) is 10.2. The molecule has 0 radical (unpaired) electrons. The summed E-state index contributed by atoms with van der Waals surface area (Å²) in [6.45, 7) is 8.04. The maximum absolute atomic E-state index is 10.9. The Morgan fingerprint density at radius 2 is 2.19 bits per heavy atom. The Bertz CT molecular complexity index is 373. The van der Waals surface area contributed by atoms with Crippen molar-refractivity contribution in [3.05, 3.63) is 21.4 Å². The van der Waals surface area contributed by atoms with E-state index in [4.69, 9.17) is 5.11 Å². The molecule has 0 aromatic carbocycles. The van der Waals surface area contributed by atoms with Crippen LogP contribution in [0.25, 0.3) is 0 Å². The van der Waals surface area contributed by atoms with Gasteiger partial charge in [0.05, 0.1) is 0 Å². The molecule has 0 aliphatic carbocycles. The Morgan fingerprint density at radius 3 is 2.56 bits per heavy atom. The van der Waals surface area contributed by atoms with Crippen LogP contribution in [0.2, 0.25) is 0 Å². The SMILES string of the molecule is CCC(NC(C)c1cc(C)sc1C)C(=O)O. The van der Waals surface area contributed by atoms with Crippen LogP contribution in [0.15, 0.2) is 6.07 Å². The van der Waals surface area contributed by atoms with Gasteiger partial charge in [-0.2, -0.15) is 0 Å². The molecule has 1 heterocycles. The van der Waals surface area contributed by atoms with E-state index < -0.39 is 12.0 Å². The summed E-state index contributed by atoms with van der Waals surface area (Å²) in [5, 5.41) is 12.1. The molecular weight excluding hydrogens is 222 g/mol. The summed E-state index contributed by atoms with van der Waals surface area (Å²) in [5.74, 6) is -0.779. The number of aliphatic carboxylic acids is 1. The van der Waals surface area contributed by atoms with Crippen LogP contribution in [0.3, 0.4) is 0 Å². The second-order valence-corrected chi connectivity index (χ2v) is 5.52. The van der Waals surface area contributed by atoms with Crippen LogP contribution < -0.4 is 5.32 Å². The van der Waals surface area contributed by atoms with Crippen LogP contribution in [-0.2, 0) is 4.79 Å². The van der Waals surface area contributed by atoms with E-state index in [2.05, 4.69) is 25.2 Å². The Balaban J connectivity index is 2.75. The van der Waals surface area contributed by atoms with E-state index in [1.165, 1.54) is 15.3 Å². The molecule has 2 N–H and O–H groups in total. The number of thiophene rings is 1. The summed E-state index contributed by atoms with van der Waals surface area (Å²) in [5.41, 5.74) is 1.21. The molecule has 0 saturated heterocycles. The van der Waals surface area contributed by atoms with Gasteiger partial charge in [-0.1, -0.05) is 6.92 Å². The number of carbonyl (C=O) groups is 1. The molecule has 0 aliphatic heterocycles. The lowest BCUT2D eigenvalue weighted by Crippen LogP contribution is -2.37. The predicted octanol–water partition coefficient (Wildman–Crippen LogP) is 2.88. The van der Waals surface area contributed by atoms with Crippen LogP contribution in [0.4, 0.5) is 0 Å². The first-order valence-electron chi connectivity index (χ1n) is 5.51. The average molecular weight is 241 g/mol. The summed E-state index contributed by atoms with van der Waals surface area (Å²) >= 11 is 1.75. The van der Waals surface area contributed by atoms with Crippen molar-refractivity contribution in [3.8, 4) is 0 Å². The Kier molecular flexibility index (Phi) is 4.50. The highest BCUT2D eigenvalue weighted by Gasteiger charge is 2.19. The van der Waals surface area contributed by atoms with Crippen molar-refractivity contribution in [3.63, 3.8) is 0 Å². The van der Waals surface area contributed by atoms with Gasteiger partial charge >= 0.3 is 5.97 Å². The minimum atomic E-state index is -0.779. The van der Waals surface area contributed by atoms with Gasteiger partial charge in [-0.05, 0) is 38.8 Å². The molecule has 2 unspecified atom stereocenters. The lowest BCUT2D eigenvalue weighted by molar-refractivity contribution is -0.139. The first-order valence-corrected chi connectivity index (χ1v) is 6.33. The third kappa shape index (κ3) is 3.06. The van der Waals surface area contributed by atoms with Crippen molar-refractivity contribution in [1.29, 1.82) is 0 Å². The fourth-order valence-electron chi connectivity index (χ4n) is 1.84. The molecular formula is C12H19NO2S. The first-order chi connectivity index (χ1) is 7.45. The first kappa shape index (κ1) is 13.2. The summed E-state index contributed by atoms with van der Waals surface area (Å²) in [7, 11) is 0. The van der Waals surface area contributed by atoms with Gasteiger partial charge in [0.15, 0.2) is 0 Å². The third-order valence-electron chi connectivity index (χ3n) is 2.70. The molecule has 3 nitrogen and oxygen atoms in total. The quantitative estimate of drug-likeness (QED) is 0.833. The average Bonchev–Trinajstić information content (AvgIpc) is 2.53. The minimum Gasteiger partial charge on any atom is -0.480 e. The van der Waals surface area contributed by atoms with Crippen molar-refractivity contribution < 1.29 is 9.90 Å². The molecule has 1 rings (SSSR count). The highest BCUT2D eigenvalue weighted by Crippen LogP contribution is 2.26. The van der Waals surface area contributed by atoms with E-state index in [-0.39, 0.29) is 6.04 Å². The second-order valence-electron chi connectivity index (χ2n) is 4.06. The fraction of sp³-hybridized carbons (Fsp3) is 0.583. The summed E-state index contributed by atoms with van der Waals surface area (Å²) in [6.07, 6.45) is 0.599. The summed E-state index contributed by atoms with van der Waals surface area (Å²) in [4.78, 5) is 13.5. The molecule has 0 amide bonds. The monoisotopic (exact) mass is 241 g/mol. The second kappa shape index (κ2) is 5.46. The van der Waals surface area contributed by atoms with Crippen molar-refractivity contribution >= 4 is 17.3 Å². The zero-order chi connectivity index (χ0) is 12.3. The van der Waals surface area contributed by atoms with Gasteiger partial charge in [0.25, 0.3) is 0 Å². The van der Waals surface area contributed by atoms with Gasteiger partial charge in [-0.15, -0.1) is 11.3 Å². The number of carboxylic acids is 1. The predicted molar refractivity (Wildman–Crippen MR) is 67.1 cm³/mol. The van der Waals surface area contributed by atoms with Gasteiger partial charge in [0.1, 0.15) is 6.04 Å². The molecule has 0 bridgehead atoms. The molecule has 1 aromatic heterocycles. The number of rotatable bonds is 5. The maximum atomic E-state index is 10.9. The topological polar surface area (TPSA) is 49.3 Å². The van der Waals surface area contributed by atoms with Crippen molar-refractivity contribution in [1.82, 2.24) is 5.32 Å². The van der Waals surface area contributed by atoms with E-state index in [9.17, 15) is 4.79 Å². The normalized spacial score (nSPS) is 14.8. The molecule has 1 aromatic rings. The van der Waals surface area contributed by atoms with Crippen LogP contribution >= 0.6 is 11.3 Å². The standard InChI is InChI=1S/C12H19NO2S/c1-5-11(12(14)15)13-8(3)10-6-7(2)16-9(10)4/h6,8,11,13H,5H2,1-4H3,(H,14,15). The molecule has 0 aliphatic rings. The largest absolute Gasteiger partial charge is 0.480 e. The number of hydrogen-bond acceptors (Lipinski definition) is 3. The smallest absolute Gasteiger partial charge is 0.320 e. The number of aryl methyl sites for hydroxylation is 2. The molecule has 0 spiro atoms. The van der Waals surface area contributed by atoms with Crippen LogP contribution in [0.5, 0.6) is 0 Å². The highest BCUT2D eigenvalue weighted by molar-refractivity contribution is 7.12. The van der Waals surface area contributed by atoms with E-state index in [0.29, 0.717) is 6.42 Å². The lowest BCUT2D eigenvalue weighted by atomic mass is 10.1. The maximum Gasteiger partial charge on any atom is 0.320 e. The molecule has 16 heavy (non-hydrogen) atoms. The van der Waals surface area contributed by atoms with Gasteiger partial charge in [0.2, 0.25) is 0 Å². The van der Waals surface area contributed by atoms with Gasteiger partial charge in [-0.3, -0.25) is 10.1 Å². The van der Waals surface area contributed by atoms with E-state index in [0.717, 1.165) is 0 Å². The molecule has 0 saturated carbocycles. The summed E-state index contributed by atoms with van der Waals surface area (Å²) in [6, 6.07) is 1.76. The Hall–Kier alpha value is -0.870. The fourth-order valence-corrected chi connectivity index (χ4v) is 2.86. The lowest BCUT2D eigenvalue weighted by Gasteiger charge is -2.19. The van der Waals surface area contributed by atoms with Gasteiger partial charge in [-0.25, -0.2) is 0 Å². The third-order valence-corrected chi connectivity index (χ3v) is 3.69. The molecule has 4 heteroatoms. The van der Waals surface area contributed by atoms with Crippen LogP contribution in [-0.4, -0.2) is 17.1 Å². The molecule has 0 fully saturated rings. The van der Waals surface area contributed by atoms with Crippen LogP contribution in [0.1, 0.15) is 41.6 Å². The number of hydrogen-bond donors (Lipinski definition) is 2. The highest BCUT2D eigenvalue weighted by atomic mass is 32.1. The van der Waals surface area contributed by atoms with E-state index in [1.807, 2.05) is 13.8 Å². The van der Waals surface area contributed by atoms with Crippen molar-refractivity contribution in [2.24, 2.45) is 0 Å². The summed E-state index contributed by atoms with van der Waals surface area (Å²) < 4.78 is 0. The van der Waals surface area contributed by atoms with Crippen molar-refractivity contribution in [2.45, 2.75) is 46.2 Å². The van der Waals surface area contributed by atoms with E-state index in [1.54, 1.807) is 11.3 Å². The molecule has 2 atom stereocenters. The minimum absolute atomic E-state index is 0.0889.